The zero-order valence-electron chi connectivity index (χ0n) is 13.8. The van der Waals surface area contributed by atoms with Crippen LogP contribution in [0.25, 0.3) is 11.5 Å². The lowest BCUT2D eigenvalue weighted by molar-refractivity contribution is 0.139. The first-order chi connectivity index (χ1) is 11.7. The fraction of sp³-hybridized carbons (Fsp3) is 0.444. The first kappa shape index (κ1) is 16.5. The van der Waals surface area contributed by atoms with Gasteiger partial charge in [0.1, 0.15) is 6.26 Å². The van der Waals surface area contributed by atoms with Crippen molar-refractivity contribution in [3.8, 4) is 11.5 Å². The fourth-order valence-electron chi connectivity index (χ4n) is 3.15. The van der Waals surface area contributed by atoms with E-state index in [1.165, 1.54) is 6.26 Å². The van der Waals surface area contributed by atoms with Crippen LogP contribution in [0.1, 0.15) is 25.7 Å². The number of aliphatic hydroxyl groups is 1. The van der Waals surface area contributed by atoms with Gasteiger partial charge in [0.2, 0.25) is 5.89 Å². The maximum absolute atomic E-state index is 12.4. The minimum atomic E-state index is -0.105. The maximum Gasteiger partial charge on any atom is 0.321 e. The molecule has 128 valence electrons. The van der Waals surface area contributed by atoms with Crippen molar-refractivity contribution in [2.75, 3.05) is 19.0 Å². The Bertz CT molecular complexity index is 647. The van der Waals surface area contributed by atoms with Crippen LogP contribution in [0.5, 0.6) is 0 Å². The van der Waals surface area contributed by atoms with Gasteiger partial charge >= 0.3 is 6.03 Å². The van der Waals surface area contributed by atoms with E-state index in [-0.39, 0.29) is 18.7 Å². The second kappa shape index (κ2) is 7.49. The minimum Gasteiger partial charge on any atom is -0.445 e. The van der Waals surface area contributed by atoms with E-state index in [1.807, 2.05) is 31.3 Å². The van der Waals surface area contributed by atoms with Gasteiger partial charge in [-0.3, -0.25) is 0 Å². The van der Waals surface area contributed by atoms with Gasteiger partial charge in [-0.15, -0.1) is 0 Å². The van der Waals surface area contributed by atoms with E-state index in [4.69, 9.17) is 4.42 Å². The third kappa shape index (κ3) is 3.76. The molecule has 0 aliphatic heterocycles. The van der Waals surface area contributed by atoms with Crippen molar-refractivity contribution in [3.05, 3.63) is 36.7 Å². The SMILES string of the molecule is CN(C(=O)Nc1ccc(-c2ncco2)cc1)C1CCC(CO)CC1. The summed E-state index contributed by atoms with van der Waals surface area (Å²) >= 11 is 0. The van der Waals surface area contributed by atoms with Crippen LogP contribution in [0.15, 0.2) is 41.1 Å². The molecule has 0 saturated heterocycles. The molecule has 24 heavy (non-hydrogen) atoms. The number of urea groups is 1. The van der Waals surface area contributed by atoms with E-state index >= 15 is 0 Å². The summed E-state index contributed by atoms with van der Waals surface area (Å²) in [5.74, 6) is 0.950. The van der Waals surface area contributed by atoms with Crippen molar-refractivity contribution in [1.29, 1.82) is 0 Å². The van der Waals surface area contributed by atoms with Crippen LogP contribution in [0.4, 0.5) is 10.5 Å². The predicted octanol–water partition coefficient (Wildman–Crippen LogP) is 3.36. The van der Waals surface area contributed by atoms with Crippen LogP contribution in [0.3, 0.4) is 0 Å². The molecule has 6 nitrogen and oxygen atoms in total. The summed E-state index contributed by atoms with van der Waals surface area (Å²) in [6, 6.07) is 7.55. The van der Waals surface area contributed by atoms with Gasteiger partial charge in [-0.2, -0.15) is 0 Å². The lowest BCUT2D eigenvalue weighted by Gasteiger charge is -2.34. The third-order valence-corrected chi connectivity index (χ3v) is 4.76. The van der Waals surface area contributed by atoms with Crippen LogP contribution >= 0.6 is 0 Å². The van der Waals surface area contributed by atoms with Crippen molar-refractivity contribution in [3.63, 3.8) is 0 Å². The Hall–Kier alpha value is -2.34. The molecule has 1 fully saturated rings. The summed E-state index contributed by atoms with van der Waals surface area (Å²) in [4.78, 5) is 18.3. The quantitative estimate of drug-likeness (QED) is 0.901. The number of oxazole rings is 1. The zero-order valence-corrected chi connectivity index (χ0v) is 13.8. The van der Waals surface area contributed by atoms with Crippen molar-refractivity contribution in [2.24, 2.45) is 5.92 Å². The summed E-state index contributed by atoms with van der Waals surface area (Å²) in [5.41, 5.74) is 1.61. The molecule has 1 aliphatic rings. The van der Waals surface area contributed by atoms with Gasteiger partial charge in [0.25, 0.3) is 0 Å². The molecule has 0 unspecified atom stereocenters. The number of anilines is 1. The molecule has 0 spiro atoms. The van der Waals surface area contributed by atoms with E-state index in [1.54, 1.807) is 11.1 Å². The molecule has 1 aromatic heterocycles. The molecule has 1 saturated carbocycles. The highest BCUT2D eigenvalue weighted by atomic mass is 16.3. The molecule has 2 aromatic rings. The number of nitrogens with zero attached hydrogens (tertiary/aromatic N) is 2. The molecule has 2 amide bonds. The van der Waals surface area contributed by atoms with Gasteiger partial charge in [-0.05, 0) is 55.9 Å². The molecule has 6 heteroatoms. The number of amides is 2. The predicted molar refractivity (Wildman–Crippen MR) is 91.6 cm³/mol. The third-order valence-electron chi connectivity index (χ3n) is 4.76. The number of hydrogen-bond acceptors (Lipinski definition) is 4. The molecule has 1 aliphatic carbocycles. The average Bonchev–Trinajstić information content (AvgIpc) is 3.16. The molecule has 0 radical (unpaired) electrons. The summed E-state index contributed by atoms with van der Waals surface area (Å²) in [7, 11) is 1.83. The number of aliphatic hydroxyl groups excluding tert-OH is 1. The maximum atomic E-state index is 12.4. The first-order valence-corrected chi connectivity index (χ1v) is 8.32. The first-order valence-electron chi connectivity index (χ1n) is 8.32. The Labute approximate surface area is 141 Å². The van der Waals surface area contributed by atoms with Gasteiger partial charge in [0.15, 0.2) is 0 Å². The normalized spacial score (nSPS) is 20.6. The van der Waals surface area contributed by atoms with Gasteiger partial charge < -0.3 is 19.7 Å². The molecule has 1 heterocycles. The zero-order chi connectivity index (χ0) is 16.9. The topological polar surface area (TPSA) is 78.6 Å². The molecule has 0 atom stereocenters. The Morgan fingerprint density at radius 2 is 2.00 bits per heavy atom. The molecule has 2 N–H and O–H groups in total. The molecule has 1 aromatic carbocycles. The summed E-state index contributed by atoms with van der Waals surface area (Å²) in [6.45, 7) is 0.250. The lowest BCUT2D eigenvalue weighted by Crippen LogP contribution is -2.42. The van der Waals surface area contributed by atoms with Crippen LogP contribution < -0.4 is 5.32 Å². The van der Waals surface area contributed by atoms with E-state index in [0.717, 1.165) is 36.9 Å². The Kier molecular flexibility index (Phi) is 5.15. The largest absolute Gasteiger partial charge is 0.445 e. The summed E-state index contributed by atoms with van der Waals surface area (Å²) < 4.78 is 5.25. The van der Waals surface area contributed by atoms with Crippen LogP contribution in [0.2, 0.25) is 0 Å². The number of rotatable bonds is 4. The number of nitrogens with one attached hydrogen (secondary N) is 1. The van der Waals surface area contributed by atoms with Gasteiger partial charge in [0, 0.05) is 30.9 Å². The van der Waals surface area contributed by atoms with E-state index < -0.39 is 0 Å². The fourth-order valence-corrected chi connectivity index (χ4v) is 3.15. The molecule has 3 rings (SSSR count). The Balaban J connectivity index is 1.56. The highest BCUT2D eigenvalue weighted by Gasteiger charge is 2.26. The minimum absolute atomic E-state index is 0.105. The summed E-state index contributed by atoms with van der Waals surface area (Å²) in [6.07, 6.45) is 6.97. The van der Waals surface area contributed by atoms with Gasteiger partial charge in [-0.1, -0.05) is 0 Å². The molecule has 0 bridgehead atoms. The van der Waals surface area contributed by atoms with Crippen molar-refractivity contribution in [1.82, 2.24) is 9.88 Å². The summed E-state index contributed by atoms with van der Waals surface area (Å²) in [5, 5.41) is 12.1. The monoisotopic (exact) mass is 329 g/mol. The number of hydrogen-bond donors (Lipinski definition) is 2. The number of aromatic nitrogens is 1. The second-order valence-corrected chi connectivity index (χ2v) is 6.31. The van der Waals surface area contributed by atoms with E-state index in [2.05, 4.69) is 10.3 Å². The number of benzene rings is 1. The Morgan fingerprint density at radius 3 is 2.58 bits per heavy atom. The average molecular weight is 329 g/mol. The van der Waals surface area contributed by atoms with Crippen molar-refractivity contribution in [2.45, 2.75) is 31.7 Å². The van der Waals surface area contributed by atoms with E-state index in [9.17, 15) is 9.90 Å². The van der Waals surface area contributed by atoms with Crippen molar-refractivity contribution >= 4 is 11.7 Å². The molecular formula is C18H23N3O3. The highest BCUT2D eigenvalue weighted by molar-refractivity contribution is 5.89. The van der Waals surface area contributed by atoms with Crippen LogP contribution in [-0.2, 0) is 0 Å². The van der Waals surface area contributed by atoms with Crippen molar-refractivity contribution < 1.29 is 14.3 Å². The number of carbonyl (C=O) groups is 1. The smallest absolute Gasteiger partial charge is 0.321 e. The van der Waals surface area contributed by atoms with Gasteiger partial charge in [-0.25, -0.2) is 9.78 Å². The standard InChI is InChI=1S/C18H23N3O3/c1-21(16-8-2-13(12-22)3-9-16)18(23)20-15-6-4-14(5-7-15)17-19-10-11-24-17/h4-7,10-11,13,16,22H,2-3,8-9,12H2,1H3,(H,20,23). The number of carbonyl (C=O) groups excluding carboxylic acids is 1. The highest BCUT2D eigenvalue weighted by Crippen LogP contribution is 2.27. The van der Waals surface area contributed by atoms with Crippen LogP contribution in [0, 0.1) is 5.92 Å². The Morgan fingerprint density at radius 1 is 1.29 bits per heavy atom. The van der Waals surface area contributed by atoms with E-state index in [0.29, 0.717) is 11.8 Å². The van der Waals surface area contributed by atoms with Gasteiger partial charge in [0.05, 0.1) is 6.20 Å². The lowest BCUT2D eigenvalue weighted by atomic mass is 9.86. The second-order valence-electron chi connectivity index (χ2n) is 6.31. The van der Waals surface area contributed by atoms with Crippen LogP contribution in [-0.4, -0.2) is 40.7 Å². The molecular weight excluding hydrogens is 306 g/mol.